The number of hydrogen-bond donors (Lipinski definition) is 1. The second kappa shape index (κ2) is 13.8. The molecule has 0 bridgehead atoms. The molecule has 5 rings (SSSR count). The van der Waals surface area contributed by atoms with Gasteiger partial charge in [-0.15, -0.1) is 18.3 Å². The number of rotatable bonds is 9. The van der Waals surface area contributed by atoms with E-state index in [0.29, 0.717) is 18.1 Å². The van der Waals surface area contributed by atoms with Crippen molar-refractivity contribution in [1.82, 2.24) is 20.1 Å². The lowest BCUT2D eigenvalue weighted by Crippen LogP contribution is -2.36. The number of carbonyl (C=O) groups is 1. The second-order valence-electron chi connectivity index (χ2n) is 9.82. The highest BCUT2D eigenvalue weighted by atomic mass is 32.2. The van der Waals surface area contributed by atoms with E-state index in [9.17, 15) is 18.0 Å². The molecule has 4 aromatic rings. The number of aryl methyl sites for hydroxylation is 2. The first kappa shape index (κ1) is 30.1. The van der Waals surface area contributed by atoms with E-state index in [0.717, 1.165) is 60.0 Å². The zero-order valence-corrected chi connectivity index (χ0v) is 24.4. The molecule has 3 aromatic carbocycles. The smallest absolute Gasteiger partial charge is 0.406 e. The van der Waals surface area contributed by atoms with Gasteiger partial charge in [-0.3, -0.25) is 0 Å². The number of amides is 2. The van der Waals surface area contributed by atoms with Crippen molar-refractivity contribution >= 4 is 28.6 Å². The van der Waals surface area contributed by atoms with Gasteiger partial charge in [0.25, 0.3) is 0 Å². The van der Waals surface area contributed by atoms with Crippen LogP contribution in [0.5, 0.6) is 5.75 Å². The summed E-state index contributed by atoms with van der Waals surface area (Å²) in [7, 11) is 0. The average molecular weight is 609 g/mol. The first-order valence-corrected chi connectivity index (χ1v) is 15.0. The predicted octanol–water partition coefficient (Wildman–Crippen LogP) is 7.04. The molecule has 2 amide bonds. The van der Waals surface area contributed by atoms with Gasteiger partial charge in [-0.05, 0) is 67.1 Å². The van der Waals surface area contributed by atoms with Crippen LogP contribution in [0.15, 0.2) is 84.1 Å². The molecule has 1 aromatic heterocycles. The molecule has 1 saturated heterocycles. The van der Waals surface area contributed by atoms with Crippen molar-refractivity contribution in [2.45, 2.75) is 39.0 Å². The van der Waals surface area contributed by atoms with E-state index < -0.39 is 6.36 Å². The van der Waals surface area contributed by atoms with Crippen LogP contribution in [0.25, 0.3) is 17.1 Å². The fourth-order valence-corrected chi connectivity index (χ4v) is 5.65. The number of nitrogens with one attached hydrogen (secondary N) is 1. The summed E-state index contributed by atoms with van der Waals surface area (Å²) in [6.45, 7) is 3.48. The zero-order chi connectivity index (χ0) is 30.2. The maximum Gasteiger partial charge on any atom is 0.573 e. The number of urea groups is 1. The van der Waals surface area contributed by atoms with E-state index in [1.54, 1.807) is 11.8 Å². The molecule has 0 aliphatic carbocycles. The highest BCUT2D eigenvalue weighted by molar-refractivity contribution is 8.14. The second-order valence-corrected chi connectivity index (χ2v) is 10.9. The zero-order valence-electron chi connectivity index (χ0n) is 23.6. The van der Waals surface area contributed by atoms with Crippen molar-refractivity contribution in [3.8, 4) is 22.8 Å². The largest absolute Gasteiger partial charge is 0.573 e. The van der Waals surface area contributed by atoms with Gasteiger partial charge in [0.2, 0.25) is 0 Å². The normalized spacial score (nSPS) is 14.6. The molecule has 0 radical (unpaired) electrons. The number of ether oxygens (including phenoxy) is 1. The van der Waals surface area contributed by atoms with Crippen molar-refractivity contribution in [1.29, 1.82) is 0 Å². The minimum absolute atomic E-state index is 0.302. The number of thioether (sulfide) groups is 1. The molecule has 12 heteroatoms. The van der Waals surface area contributed by atoms with Gasteiger partial charge in [-0.25, -0.2) is 14.5 Å². The summed E-state index contributed by atoms with van der Waals surface area (Å²) in [5.41, 5.74) is 4.82. The summed E-state index contributed by atoms with van der Waals surface area (Å²) in [5, 5.41) is 8.10. The Bertz CT molecular complexity index is 1550. The molecule has 0 unspecified atom stereocenters. The molecule has 2 heterocycles. The molecule has 0 spiro atoms. The molecule has 1 aliphatic rings. The Balaban J connectivity index is 1.11. The third-order valence-corrected chi connectivity index (χ3v) is 7.87. The maximum atomic E-state index is 12.6. The molecule has 0 saturated carbocycles. The molecule has 1 fully saturated rings. The Morgan fingerprint density at radius 1 is 1.07 bits per heavy atom. The van der Waals surface area contributed by atoms with Crippen LogP contribution in [-0.2, 0) is 12.8 Å². The molecular weight excluding hydrogens is 577 g/mol. The van der Waals surface area contributed by atoms with Crippen molar-refractivity contribution in [3.63, 3.8) is 0 Å². The summed E-state index contributed by atoms with van der Waals surface area (Å²) in [5.74, 6) is 1.13. The number of halogens is 3. The molecule has 43 heavy (non-hydrogen) atoms. The number of benzene rings is 3. The first-order valence-electron chi connectivity index (χ1n) is 14.0. The van der Waals surface area contributed by atoms with Crippen LogP contribution in [0.2, 0.25) is 0 Å². The lowest BCUT2D eigenvalue weighted by Gasteiger charge is -2.31. The van der Waals surface area contributed by atoms with Gasteiger partial charge in [-0.2, -0.15) is 4.99 Å². The van der Waals surface area contributed by atoms with Crippen LogP contribution in [0.4, 0.5) is 23.7 Å². The Hall–Kier alpha value is -4.32. The van der Waals surface area contributed by atoms with Crippen molar-refractivity contribution in [2.24, 2.45) is 4.99 Å². The highest BCUT2D eigenvalue weighted by Crippen LogP contribution is 2.28. The van der Waals surface area contributed by atoms with Crippen LogP contribution in [0.3, 0.4) is 0 Å². The molecular formula is C31H31F3N6O2S. The molecule has 1 aliphatic heterocycles. The van der Waals surface area contributed by atoms with Crippen LogP contribution >= 0.6 is 11.8 Å². The van der Waals surface area contributed by atoms with Gasteiger partial charge in [-0.1, -0.05) is 61.2 Å². The molecule has 1 N–H and O–H groups in total. The third-order valence-electron chi connectivity index (χ3n) is 6.81. The number of carbonyl (C=O) groups excluding carboxylic acids is 1. The molecule has 8 nitrogen and oxygen atoms in total. The van der Waals surface area contributed by atoms with Gasteiger partial charge in [0.15, 0.2) is 11.0 Å². The fraction of sp³-hybridized carbons (Fsp3) is 0.290. The monoisotopic (exact) mass is 608 g/mol. The average Bonchev–Trinajstić information content (AvgIpc) is 3.50. The SMILES string of the molecule is CCc1ccccc1N1CCCS/C1=N\C(=O)NCCCc1ccc(-c2ncn(-c3ccc(OC(F)(F)F)cc3)n2)cc1. The minimum atomic E-state index is -4.74. The quantitative estimate of drug-likeness (QED) is 0.205. The number of nitrogens with zero attached hydrogens (tertiary/aromatic N) is 5. The lowest BCUT2D eigenvalue weighted by molar-refractivity contribution is -0.274. The van der Waals surface area contributed by atoms with E-state index in [1.165, 1.54) is 40.8 Å². The Morgan fingerprint density at radius 3 is 2.58 bits per heavy atom. The molecule has 224 valence electrons. The van der Waals surface area contributed by atoms with E-state index in [2.05, 4.69) is 49.1 Å². The van der Waals surface area contributed by atoms with E-state index >= 15 is 0 Å². The Labute approximate surface area is 252 Å². The summed E-state index contributed by atoms with van der Waals surface area (Å²) >= 11 is 1.61. The third kappa shape index (κ3) is 8.16. The number of aliphatic imine (C=N–C) groups is 1. The predicted molar refractivity (Wildman–Crippen MR) is 163 cm³/mol. The van der Waals surface area contributed by atoms with Crippen molar-refractivity contribution in [3.05, 3.63) is 90.3 Å². The van der Waals surface area contributed by atoms with Gasteiger partial charge < -0.3 is 15.0 Å². The number of hydrogen-bond acceptors (Lipinski definition) is 5. The number of alkyl halides is 3. The summed E-state index contributed by atoms with van der Waals surface area (Å²) in [6.07, 6.45) is 0.247. The van der Waals surface area contributed by atoms with Gasteiger partial charge in [0.05, 0.1) is 5.69 Å². The Morgan fingerprint density at radius 2 is 1.84 bits per heavy atom. The van der Waals surface area contributed by atoms with Crippen LogP contribution in [-0.4, -0.2) is 51.2 Å². The molecule has 0 atom stereocenters. The Kier molecular flexibility index (Phi) is 9.65. The van der Waals surface area contributed by atoms with Gasteiger partial charge >= 0.3 is 12.4 Å². The fourth-order valence-electron chi connectivity index (χ4n) is 4.70. The first-order chi connectivity index (χ1) is 20.8. The van der Waals surface area contributed by atoms with Crippen LogP contribution in [0, 0.1) is 0 Å². The number of para-hydroxylation sites is 1. The summed E-state index contributed by atoms with van der Waals surface area (Å²) in [4.78, 5) is 23.5. The number of amidine groups is 1. The lowest BCUT2D eigenvalue weighted by atomic mass is 10.1. The van der Waals surface area contributed by atoms with Gasteiger partial charge in [0.1, 0.15) is 12.1 Å². The summed E-state index contributed by atoms with van der Waals surface area (Å²) in [6, 6.07) is 21.1. The number of aromatic nitrogens is 3. The highest BCUT2D eigenvalue weighted by Gasteiger charge is 2.31. The van der Waals surface area contributed by atoms with E-state index in [1.807, 2.05) is 36.4 Å². The van der Waals surface area contributed by atoms with E-state index in [-0.39, 0.29) is 11.8 Å². The van der Waals surface area contributed by atoms with Gasteiger partial charge in [0, 0.05) is 30.1 Å². The topological polar surface area (TPSA) is 84.6 Å². The van der Waals surface area contributed by atoms with Crippen molar-refractivity contribution in [2.75, 3.05) is 23.7 Å². The maximum absolute atomic E-state index is 12.6. The minimum Gasteiger partial charge on any atom is -0.406 e. The number of anilines is 1. The van der Waals surface area contributed by atoms with Crippen LogP contribution < -0.4 is 15.0 Å². The van der Waals surface area contributed by atoms with Crippen LogP contribution in [0.1, 0.15) is 30.9 Å². The van der Waals surface area contributed by atoms with Crippen molar-refractivity contribution < 1.29 is 22.7 Å². The standard InChI is InChI=1S/C31H31F3N6O2S/c1-2-23-8-3-4-9-27(23)39-19-6-20-43-30(39)37-29(41)35-18-5-7-22-10-12-24(13-11-22)28-36-21-40(38-28)25-14-16-26(17-15-25)42-31(32,33)34/h3-4,8-17,21H,2,5-7,18-20H2,1H3,(H,35,41)/b37-30-. The van der Waals surface area contributed by atoms with E-state index in [4.69, 9.17) is 0 Å². The summed E-state index contributed by atoms with van der Waals surface area (Å²) < 4.78 is 42.6.